The van der Waals surface area contributed by atoms with Gasteiger partial charge in [0.25, 0.3) is 0 Å². The summed E-state index contributed by atoms with van der Waals surface area (Å²) in [6, 6.07) is 0.969. The Morgan fingerprint density at radius 3 is 2.14 bits per heavy atom. The van der Waals surface area contributed by atoms with Gasteiger partial charge in [0.1, 0.15) is 0 Å². The molecule has 5 nitrogen and oxygen atoms in total. The number of ether oxygens (including phenoxy) is 1. The van der Waals surface area contributed by atoms with Gasteiger partial charge >= 0.3 is 5.97 Å². The second-order valence-corrected chi connectivity index (χ2v) is 17.5. The third-order valence-corrected chi connectivity index (χ3v) is 5.57. The number of carbonyl (C=O) groups excluding carboxylic acids is 1. The van der Waals surface area contributed by atoms with Crippen LogP contribution >= 0.6 is 0 Å². The van der Waals surface area contributed by atoms with Crippen LogP contribution in [0.2, 0.25) is 45.3 Å². The van der Waals surface area contributed by atoms with Crippen LogP contribution in [0.1, 0.15) is 6.42 Å². The Bertz CT molecular complexity index is 320. The molecule has 0 radical (unpaired) electrons. The van der Waals surface area contributed by atoms with Crippen LogP contribution in [0.3, 0.4) is 0 Å². The first kappa shape index (κ1) is 21.7. The Labute approximate surface area is 139 Å². The summed E-state index contributed by atoms with van der Waals surface area (Å²) in [6.45, 7) is 17.2. The zero-order chi connectivity index (χ0) is 17.2. The lowest BCUT2D eigenvalue weighted by atomic mass is 10.5. The molecular weight excluding hydrogens is 332 g/mol. The lowest BCUT2D eigenvalue weighted by Gasteiger charge is -2.31. The molecule has 0 aromatic carbocycles. The van der Waals surface area contributed by atoms with Crippen molar-refractivity contribution in [2.75, 3.05) is 13.2 Å². The summed E-state index contributed by atoms with van der Waals surface area (Å²) in [6.07, 6.45) is 1.77. The van der Waals surface area contributed by atoms with E-state index in [1.165, 1.54) is 6.08 Å². The maximum absolute atomic E-state index is 10.9. The van der Waals surface area contributed by atoms with Crippen LogP contribution in [0.25, 0.3) is 0 Å². The molecule has 0 fully saturated rings. The molecule has 0 aliphatic rings. The van der Waals surface area contributed by atoms with Gasteiger partial charge in [-0.1, -0.05) is 6.58 Å². The Morgan fingerprint density at radius 1 is 1.14 bits per heavy atom. The molecule has 0 bridgehead atoms. The lowest BCUT2D eigenvalue weighted by Crippen LogP contribution is -2.42. The number of hydrogen-bond donors (Lipinski definition) is 0. The molecule has 0 aliphatic carbocycles. The smallest absolute Gasteiger partial charge is 0.330 e. The molecule has 0 N–H and O–H groups in total. The van der Waals surface area contributed by atoms with E-state index in [0.717, 1.165) is 12.5 Å². The average Bonchev–Trinajstić information content (AvgIpc) is 2.33. The SMILES string of the molecule is C=CC(=O)OCCC[SiH2]OCC(O[Si](C)(C)C)O[Si](C)(C)C. The zero-order valence-electron chi connectivity index (χ0n) is 14.9. The number of hydrogen-bond acceptors (Lipinski definition) is 5. The molecule has 0 saturated heterocycles. The van der Waals surface area contributed by atoms with E-state index in [9.17, 15) is 4.79 Å². The third kappa shape index (κ3) is 14.7. The summed E-state index contributed by atoms with van der Waals surface area (Å²) in [5.41, 5.74) is 0. The van der Waals surface area contributed by atoms with E-state index < -0.39 is 26.4 Å². The zero-order valence-corrected chi connectivity index (χ0v) is 18.4. The van der Waals surface area contributed by atoms with Gasteiger partial charge in [0.15, 0.2) is 32.7 Å². The van der Waals surface area contributed by atoms with Crippen molar-refractivity contribution in [3.8, 4) is 0 Å². The van der Waals surface area contributed by atoms with Gasteiger partial charge in [0.2, 0.25) is 0 Å². The van der Waals surface area contributed by atoms with E-state index in [0.29, 0.717) is 13.2 Å². The van der Waals surface area contributed by atoms with Crippen LogP contribution in [-0.2, 0) is 22.8 Å². The number of rotatable bonds is 12. The fourth-order valence-electron chi connectivity index (χ4n) is 1.60. The molecule has 130 valence electrons. The van der Waals surface area contributed by atoms with Gasteiger partial charge in [0.05, 0.1) is 13.2 Å². The average molecular weight is 365 g/mol. The quantitative estimate of drug-likeness (QED) is 0.175. The molecule has 0 aromatic heterocycles. The Morgan fingerprint density at radius 2 is 1.68 bits per heavy atom. The first-order valence-electron chi connectivity index (χ1n) is 7.76. The van der Waals surface area contributed by atoms with Crippen LogP contribution in [0.5, 0.6) is 0 Å². The minimum Gasteiger partial charge on any atom is -0.463 e. The Hall–Kier alpha value is -0.259. The van der Waals surface area contributed by atoms with Crippen molar-refractivity contribution in [3.05, 3.63) is 12.7 Å². The van der Waals surface area contributed by atoms with E-state index in [4.69, 9.17) is 18.0 Å². The molecule has 0 heterocycles. The largest absolute Gasteiger partial charge is 0.463 e. The molecule has 22 heavy (non-hydrogen) atoms. The van der Waals surface area contributed by atoms with Gasteiger partial charge in [-0.15, -0.1) is 0 Å². The van der Waals surface area contributed by atoms with Gasteiger partial charge in [-0.3, -0.25) is 0 Å². The second kappa shape index (κ2) is 10.5. The van der Waals surface area contributed by atoms with Crippen LogP contribution in [0, 0.1) is 0 Å². The highest BCUT2D eigenvalue weighted by molar-refractivity contribution is 6.70. The Kier molecular flexibility index (Phi) is 10.4. The highest BCUT2D eigenvalue weighted by Gasteiger charge is 2.26. The molecule has 0 aromatic rings. The van der Waals surface area contributed by atoms with Gasteiger partial charge < -0.3 is 18.0 Å². The maximum Gasteiger partial charge on any atom is 0.330 e. The standard InChI is InChI=1S/C14H32O5Si3/c1-8-13(15)16-10-9-11-20-17-12-14(18-21(2,3)4)19-22(5,6)7/h8,14H,1,9-12,20H2,2-7H3. The van der Waals surface area contributed by atoms with Crippen LogP contribution < -0.4 is 0 Å². The highest BCUT2D eigenvalue weighted by atomic mass is 28.4. The molecular formula is C14H32O5Si3. The fourth-order valence-corrected chi connectivity index (χ4v) is 4.48. The number of carbonyl (C=O) groups is 1. The van der Waals surface area contributed by atoms with E-state index >= 15 is 0 Å². The van der Waals surface area contributed by atoms with Crippen LogP contribution in [0.4, 0.5) is 0 Å². The van der Waals surface area contributed by atoms with Crippen LogP contribution in [-0.4, -0.2) is 51.9 Å². The van der Waals surface area contributed by atoms with Crippen molar-refractivity contribution in [1.29, 1.82) is 0 Å². The summed E-state index contributed by atoms with van der Waals surface area (Å²) in [5.74, 6) is -0.366. The van der Waals surface area contributed by atoms with E-state index in [2.05, 4.69) is 45.9 Å². The molecule has 0 unspecified atom stereocenters. The molecule has 0 rings (SSSR count). The van der Waals surface area contributed by atoms with E-state index in [-0.39, 0.29) is 12.3 Å². The monoisotopic (exact) mass is 364 g/mol. The van der Waals surface area contributed by atoms with Crippen molar-refractivity contribution in [2.45, 2.75) is 58.0 Å². The third-order valence-electron chi connectivity index (χ3n) is 2.32. The van der Waals surface area contributed by atoms with Crippen molar-refractivity contribution in [3.63, 3.8) is 0 Å². The highest BCUT2D eigenvalue weighted by Crippen LogP contribution is 2.14. The minimum atomic E-state index is -1.65. The predicted molar refractivity (Wildman–Crippen MR) is 97.7 cm³/mol. The molecule has 0 saturated carbocycles. The fraction of sp³-hybridized carbons (Fsp3) is 0.786. The molecule has 0 aliphatic heterocycles. The summed E-state index contributed by atoms with van der Waals surface area (Å²) in [7, 11) is -3.94. The summed E-state index contributed by atoms with van der Waals surface area (Å²) in [5, 5.41) is 0. The van der Waals surface area contributed by atoms with Crippen molar-refractivity contribution in [1.82, 2.24) is 0 Å². The van der Waals surface area contributed by atoms with E-state index in [1.54, 1.807) is 0 Å². The van der Waals surface area contributed by atoms with Gasteiger partial charge in [-0.25, -0.2) is 4.79 Å². The van der Waals surface area contributed by atoms with Crippen molar-refractivity contribution in [2.24, 2.45) is 0 Å². The second-order valence-electron chi connectivity index (χ2n) is 7.04. The van der Waals surface area contributed by atoms with Crippen LogP contribution in [0.15, 0.2) is 12.7 Å². The minimum absolute atomic E-state index is 0.246. The summed E-state index contributed by atoms with van der Waals surface area (Å²) in [4.78, 5) is 10.9. The molecule has 8 heteroatoms. The van der Waals surface area contributed by atoms with Gasteiger partial charge in [-0.05, 0) is 51.7 Å². The van der Waals surface area contributed by atoms with E-state index in [1.807, 2.05) is 0 Å². The van der Waals surface area contributed by atoms with Crippen molar-refractivity contribution >= 4 is 32.4 Å². The number of esters is 1. The normalized spacial score (nSPS) is 13.0. The molecule has 0 amide bonds. The first-order valence-corrected chi connectivity index (χ1v) is 16.2. The lowest BCUT2D eigenvalue weighted by molar-refractivity contribution is -0.137. The molecule has 0 atom stereocenters. The first-order chi connectivity index (χ1) is 10.0. The summed E-state index contributed by atoms with van der Waals surface area (Å²) < 4.78 is 22.8. The summed E-state index contributed by atoms with van der Waals surface area (Å²) >= 11 is 0. The molecule has 0 spiro atoms. The predicted octanol–water partition coefficient (Wildman–Crippen LogP) is 2.65. The van der Waals surface area contributed by atoms with Gasteiger partial charge in [-0.2, -0.15) is 0 Å². The van der Waals surface area contributed by atoms with Crippen molar-refractivity contribution < 1.29 is 22.8 Å². The Balaban J connectivity index is 3.93. The maximum atomic E-state index is 10.9. The van der Waals surface area contributed by atoms with Gasteiger partial charge in [0, 0.05) is 6.08 Å². The topological polar surface area (TPSA) is 54.0 Å².